The lowest BCUT2D eigenvalue weighted by Gasteiger charge is -2.14. The minimum absolute atomic E-state index is 0.0113. The molecule has 0 bridgehead atoms. The summed E-state index contributed by atoms with van der Waals surface area (Å²) in [5, 5.41) is 11.2. The van der Waals surface area contributed by atoms with Gasteiger partial charge in [0.15, 0.2) is 11.5 Å². The summed E-state index contributed by atoms with van der Waals surface area (Å²) in [6.07, 6.45) is 3.27. The summed E-state index contributed by atoms with van der Waals surface area (Å²) >= 11 is 10.6. The number of ether oxygens (including phenoxy) is 3. The Labute approximate surface area is 226 Å². The number of esters is 1. The van der Waals surface area contributed by atoms with E-state index in [0.717, 1.165) is 11.8 Å². The number of carbonyl (C=O) groups excluding carboxylic acids is 2. The largest absolute Gasteiger partial charge is 0.506 e. The standard InChI is InChI=1S/C26H23BrClNO6S/c1-4-11-35-23-17(27)12-15(13-19(23)33-5-2)14-20-22(30)21(26(32)34-6-3)25(36-20)29-24(31)16-9-7-8-10-18(16)28/h4,7-10,12-14,30H,1,5-6,11H2,2-3H3/b20-14-,29-25?. The lowest BCUT2D eigenvalue weighted by molar-refractivity contribution is -0.138. The number of nitrogens with zero attached hydrogens (tertiary/aromatic N) is 1. The van der Waals surface area contributed by atoms with E-state index in [1.165, 1.54) is 6.07 Å². The maximum Gasteiger partial charge on any atom is 0.344 e. The second-order valence-corrected chi connectivity index (χ2v) is 9.41. The van der Waals surface area contributed by atoms with Crippen LogP contribution in [0.4, 0.5) is 0 Å². The van der Waals surface area contributed by atoms with E-state index in [1.54, 1.807) is 49.4 Å². The van der Waals surface area contributed by atoms with Gasteiger partial charge in [-0.1, -0.05) is 48.2 Å². The number of carbonyl (C=O) groups is 2. The molecule has 0 atom stereocenters. The number of rotatable bonds is 9. The van der Waals surface area contributed by atoms with E-state index < -0.39 is 11.9 Å². The number of hydrogen-bond acceptors (Lipinski definition) is 7. The predicted molar refractivity (Wildman–Crippen MR) is 146 cm³/mol. The number of aliphatic hydroxyl groups is 1. The minimum atomic E-state index is -0.791. The highest BCUT2D eigenvalue weighted by Crippen LogP contribution is 2.42. The second kappa shape index (κ2) is 12.8. The van der Waals surface area contributed by atoms with Gasteiger partial charge in [-0.3, -0.25) is 4.79 Å². The molecule has 3 rings (SSSR count). The smallest absolute Gasteiger partial charge is 0.344 e. The van der Waals surface area contributed by atoms with Crippen LogP contribution >= 0.6 is 39.3 Å². The summed E-state index contributed by atoms with van der Waals surface area (Å²) in [5.41, 5.74) is 0.628. The van der Waals surface area contributed by atoms with Gasteiger partial charge in [0.25, 0.3) is 5.91 Å². The fraction of sp³-hybridized carbons (Fsp3) is 0.192. The first-order valence-electron chi connectivity index (χ1n) is 10.9. The van der Waals surface area contributed by atoms with Crippen molar-refractivity contribution in [1.29, 1.82) is 0 Å². The molecule has 1 N–H and O–H groups in total. The molecule has 188 valence electrons. The van der Waals surface area contributed by atoms with Crippen LogP contribution in [0.25, 0.3) is 6.08 Å². The summed E-state index contributed by atoms with van der Waals surface area (Å²) in [5.74, 6) is -0.784. The maximum absolute atomic E-state index is 12.8. The van der Waals surface area contributed by atoms with Crippen LogP contribution in [-0.2, 0) is 9.53 Å². The van der Waals surface area contributed by atoms with Gasteiger partial charge in [0.05, 0.1) is 33.2 Å². The van der Waals surface area contributed by atoms with Gasteiger partial charge in [-0.15, -0.1) is 0 Å². The molecule has 1 heterocycles. The van der Waals surface area contributed by atoms with Crippen LogP contribution in [0.3, 0.4) is 0 Å². The molecule has 0 saturated carbocycles. The van der Waals surface area contributed by atoms with Crippen LogP contribution in [0, 0.1) is 0 Å². The first kappa shape index (κ1) is 27.6. The number of aliphatic imine (C=N–C) groups is 1. The van der Waals surface area contributed by atoms with Crippen molar-refractivity contribution < 1.29 is 28.9 Å². The molecule has 1 aliphatic rings. The Morgan fingerprint density at radius 3 is 2.61 bits per heavy atom. The molecule has 7 nitrogen and oxygen atoms in total. The number of halogens is 2. The molecular formula is C26H23BrClNO6S. The second-order valence-electron chi connectivity index (χ2n) is 7.12. The Morgan fingerprint density at radius 1 is 1.19 bits per heavy atom. The third kappa shape index (κ3) is 6.40. The normalized spacial score (nSPS) is 15.3. The number of benzene rings is 2. The van der Waals surface area contributed by atoms with E-state index in [0.29, 0.717) is 39.7 Å². The van der Waals surface area contributed by atoms with Gasteiger partial charge < -0.3 is 19.3 Å². The molecule has 0 aliphatic carbocycles. The summed E-state index contributed by atoms with van der Waals surface area (Å²) in [6.45, 7) is 7.93. The van der Waals surface area contributed by atoms with Crippen molar-refractivity contribution in [3.8, 4) is 11.5 Å². The summed E-state index contributed by atoms with van der Waals surface area (Å²) in [4.78, 5) is 29.8. The van der Waals surface area contributed by atoms with Gasteiger partial charge in [0.2, 0.25) is 0 Å². The van der Waals surface area contributed by atoms with Crippen LogP contribution in [0.1, 0.15) is 29.8 Å². The number of thioether (sulfide) groups is 1. The topological polar surface area (TPSA) is 94.4 Å². The Kier molecular flexibility index (Phi) is 9.81. The quantitative estimate of drug-likeness (QED) is 0.254. The molecule has 0 unspecified atom stereocenters. The number of hydrogen-bond donors (Lipinski definition) is 1. The Balaban J connectivity index is 2.05. The van der Waals surface area contributed by atoms with Crippen molar-refractivity contribution >= 4 is 62.3 Å². The first-order valence-corrected chi connectivity index (χ1v) is 12.9. The first-order chi connectivity index (χ1) is 17.3. The molecule has 1 aliphatic heterocycles. The molecular weight excluding hydrogens is 570 g/mol. The van der Waals surface area contributed by atoms with Crippen molar-refractivity contribution in [3.05, 3.63) is 85.9 Å². The van der Waals surface area contributed by atoms with Gasteiger partial charge in [-0.2, -0.15) is 0 Å². The zero-order valence-corrected chi connectivity index (χ0v) is 22.7. The van der Waals surface area contributed by atoms with Crippen LogP contribution in [0.15, 0.2) is 74.8 Å². The van der Waals surface area contributed by atoms with Gasteiger partial charge in [-0.05, 0) is 65.7 Å². The van der Waals surface area contributed by atoms with Crippen LogP contribution in [-0.4, -0.2) is 41.8 Å². The lowest BCUT2D eigenvalue weighted by Crippen LogP contribution is -2.14. The lowest BCUT2D eigenvalue weighted by atomic mass is 10.1. The van der Waals surface area contributed by atoms with E-state index in [2.05, 4.69) is 27.5 Å². The highest BCUT2D eigenvalue weighted by molar-refractivity contribution is 9.10. The van der Waals surface area contributed by atoms with Crippen molar-refractivity contribution in [2.24, 2.45) is 4.99 Å². The summed E-state index contributed by atoms with van der Waals surface area (Å²) in [6, 6.07) is 9.95. The fourth-order valence-corrected chi connectivity index (χ4v) is 4.95. The van der Waals surface area contributed by atoms with E-state index in [1.807, 2.05) is 6.92 Å². The molecule has 36 heavy (non-hydrogen) atoms. The maximum atomic E-state index is 12.8. The van der Waals surface area contributed by atoms with E-state index in [-0.39, 0.29) is 33.6 Å². The van der Waals surface area contributed by atoms with E-state index >= 15 is 0 Å². The highest BCUT2D eigenvalue weighted by atomic mass is 79.9. The molecule has 0 spiro atoms. The van der Waals surface area contributed by atoms with Crippen molar-refractivity contribution in [1.82, 2.24) is 0 Å². The van der Waals surface area contributed by atoms with Gasteiger partial charge in [0, 0.05) is 0 Å². The van der Waals surface area contributed by atoms with Gasteiger partial charge in [0.1, 0.15) is 23.0 Å². The Hall–Kier alpha value is -3.01. The van der Waals surface area contributed by atoms with Crippen molar-refractivity contribution in [3.63, 3.8) is 0 Å². The summed E-state index contributed by atoms with van der Waals surface area (Å²) < 4.78 is 17.1. The van der Waals surface area contributed by atoms with Crippen LogP contribution < -0.4 is 9.47 Å². The zero-order chi connectivity index (χ0) is 26.2. The minimum Gasteiger partial charge on any atom is -0.506 e. The van der Waals surface area contributed by atoms with Gasteiger partial charge in [-0.25, -0.2) is 9.79 Å². The van der Waals surface area contributed by atoms with E-state index in [4.69, 9.17) is 25.8 Å². The van der Waals surface area contributed by atoms with Crippen LogP contribution in [0.2, 0.25) is 5.02 Å². The SMILES string of the molecule is C=CCOc1c(Br)cc(/C=C2\SC(=NC(=O)c3ccccc3Cl)C(C(=O)OCC)=C2O)cc1OCC. The monoisotopic (exact) mass is 591 g/mol. The molecule has 1 amide bonds. The predicted octanol–water partition coefficient (Wildman–Crippen LogP) is 6.77. The molecule has 10 heteroatoms. The van der Waals surface area contributed by atoms with E-state index in [9.17, 15) is 14.7 Å². The number of aliphatic hydroxyl groups excluding tert-OH is 1. The highest BCUT2D eigenvalue weighted by Gasteiger charge is 2.34. The fourth-order valence-electron chi connectivity index (χ4n) is 3.15. The molecule has 0 fully saturated rings. The van der Waals surface area contributed by atoms with Gasteiger partial charge >= 0.3 is 5.97 Å². The molecule has 0 radical (unpaired) electrons. The average molecular weight is 593 g/mol. The third-order valence-corrected chi connectivity index (χ3v) is 6.59. The van der Waals surface area contributed by atoms with Crippen molar-refractivity contribution in [2.75, 3.05) is 19.8 Å². The molecule has 2 aromatic carbocycles. The summed E-state index contributed by atoms with van der Waals surface area (Å²) in [7, 11) is 0. The molecule has 0 saturated heterocycles. The van der Waals surface area contributed by atoms with Crippen LogP contribution in [0.5, 0.6) is 11.5 Å². The average Bonchev–Trinajstić information content (AvgIpc) is 3.13. The Morgan fingerprint density at radius 2 is 1.94 bits per heavy atom. The van der Waals surface area contributed by atoms with Crippen molar-refractivity contribution in [2.45, 2.75) is 13.8 Å². The number of amides is 1. The molecule has 0 aromatic heterocycles. The Bertz CT molecular complexity index is 1290. The zero-order valence-electron chi connectivity index (χ0n) is 19.5. The third-order valence-electron chi connectivity index (χ3n) is 4.65. The molecule has 2 aromatic rings.